The van der Waals surface area contributed by atoms with E-state index in [9.17, 15) is 8.78 Å². The van der Waals surface area contributed by atoms with Gasteiger partial charge in [0.25, 0.3) is 0 Å². The SMILES string of the molecule is CCn1cc(C(N)c2ccc(F)cc2F)cn1. The van der Waals surface area contributed by atoms with Crippen molar-refractivity contribution in [2.24, 2.45) is 5.73 Å². The largest absolute Gasteiger partial charge is 0.320 e. The van der Waals surface area contributed by atoms with E-state index < -0.39 is 17.7 Å². The molecule has 0 fully saturated rings. The van der Waals surface area contributed by atoms with Crippen LogP contribution < -0.4 is 5.73 Å². The fourth-order valence-electron chi connectivity index (χ4n) is 1.65. The van der Waals surface area contributed by atoms with Crippen LogP contribution >= 0.6 is 0 Å². The van der Waals surface area contributed by atoms with E-state index in [1.807, 2.05) is 6.92 Å². The van der Waals surface area contributed by atoms with Crippen LogP contribution in [-0.2, 0) is 6.54 Å². The van der Waals surface area contributed by atoms with E-state index in [-0.39, 0.29) is 5.56 Å². The van der Waals surface area contributed by atoms with Crippen LogP contribution in [0.3, 0.4) is 0 Å². The van der Waals surface area contributed by atoms with Gasteiger partial charge in [0.1, 0.15) is 11.6 Å². The van der Waals surface area contributed by atoms with Gasteiger partial charge in [0.2, 0.25) is 0 Å². The van der Waals surface area contributed by atoms with Crippen LogP contribution in [0.4, 0.5) is 8.78 Å². The molecule has 2 rings (SSSR count). The van der Waals surface area contributed by atoms with Crippen LogP contribution in [0, 0.1) is 11.6 Å². The quantitative estimate of drug-likeness (QED) is 0.889. The Hall–Kier alpha value is -1.75. The van der Waals surface area contributed by atoms with Crippen molar-refractivity contribution in [3.63, 3.8) is 0 Å². The van der Waals surface area contributed by atoms with Crippen LogP contribution in [0.25, 0.3) is 0 Å². The van der Waals surface area contributed by atoms with Gasteiger partial charge in [-0.2, -0.15) is 5.10 Å². The molecule has 1 aromatic heterocycles. The average molecular weight is 237 g/mol. The highest BCUT2D eigenvalue weighted by atomic mass is 19.1. The molecule has 2 N–H and O–H groups in total. The third-order valence-corrected chi connectivity index (χ3v) is 2.63. The number of rotatable bonds is 3. The van der Waals surface area contributed by atoms with Gasteiger partial charge in [0.05, 0.1) is 12.2 Å². The summed E-state index contributed by atoms with van der Waals surface area (Å²) in [5.41, 5.74) is 6.89. The molecule has 1 atom stereocenters. The van der Waals surface area contributed by atoms with Gasteiger partial charge in [0.15, 0.2) is 0 Å². The van der Waals surface area contributed by atoms with E-state index in [2.05, 4.69) is 5.10 Å². The van der Waals surface area contributed by atoms with Gasteiger partial charge in [-0.1, -0.05) is 6.07 Å². The fourth-order valence-corrected chi connectivity index (χ4v) is 1.65. The first-order chi connectivity index (χ1) is 8.11. The van der Waals surface area contributed by atoms with Crippen LogP contribution in [0.1, 0.15) is 24.1 Å². The van der Waals surface area contributed by atoms with Crippen LogP contribution in [0.5, 0.6) is 0 Å². The minimum atomic E-state index is -0.637. The van der Waals surface area contributed by atoms with Crippen molar-refractivity contribution < 1.29 is 8.78 Å². The van der Waals surface area contributed by atoms with E-state index >= 15 is 0 Å². The van der Waals surface area contributed by atoms with E-state index in [1.165, 1.54) is 12.1 Å². The predicted molar refractivity (Wildman–Crippen MR) is 60.3 cm³/mol. The summed E-state index contributed by atoms with van der Waals surface area (Å²) in [6.45, 7) is 2.67. The molecule has 17 heavy (non-hydrogen) atoms. The lowest BCUT2D eigenvalue weighted by Crippen LogP contribution is -2.13. The summed E-state index contributed by atoms with van der Waals surface area (Å²) in [6.07, 6.45) is 3.35. The molecule has 90 valence electrons. The Labute approximate surface area is 97.9 Å². The topological polar surface area (TPSA) is 43.8 Å². The Morgan fingerprint density at radius 3 is 2.76 bits per heavy atom. The summed E-state index contributed by atoms with van der Waals surface area (Å²) in [6, 6.07) is 2.76. The molecule has 1 unspecified atom stereocenters. The Balaban J connectivity index is 2.33. The van der Waals surface area contributed by atoms with E-state index in [1.54, 1.807) is 17.1 Å². The highest BCUT2D eigenvalue weighted by molar-refractivity contribution is 5.30. The van der Waals surface area contributed by atoms with Gasteiger partial charge in [-0.15, -0.1) is 0 Å². The molecule has 0 radical (unpaired) electrons. The average Bonchev–Trinajstić information content (AvgIpc) is 2.76. The van der Waals surface area contributed by atoms with E-state index in [0.29, 0.717) is 5.56 Å². The number of benzene rings is 1. The molecular weight excluding hydrogens is 224 g/mol. The normalized spacial score (nSPS) is 12.7. The maximum atomic E-state index is 13.5. The molecule has 2 aromatic rings. The Bertz CT molecular complexity index is 522. The van der Waals surface area contributed by atoms with Gasteiger partial charge in [-0.05, 0) is 13.0 Å². The van der Waals surface area contributed by atoms with Gasteiger partial charge in [-0.25, -0.2) is 8.78 Å². The number of aryl methyl sites for hydroxylation is 1. The van der Waals surface area contributed by atoms with Crippen LogP contribution in [-0.4, -0.2) is 9.78 Å². The zero-order valence-electron chi connectivity index (χ0n) is 9.40. The summed E-state index contributed by atoms with van der Waals surface area (Å²) in [4.78, 5) is 0. The third kappa shape index (κ3) is 2.34. The summed E-state index contributed by atoms with van der Waals surface area (Å²) < 4.78 is 28.0. The number of aromatic nitrogens is 2. The molecule has 0 bridgehead atoms. The van der Waals surface area contributed by atoms with Crippen molar-refractivity contribution >= 4 is 0 Å². The second-order valence-electron chi connectivity index (χ2n) is 3.77. The molecule has 0 aliphatic carbocycles. The van der Waals surface area contributed by atoms with Crippen LogP contribution in [0.15, 0.2) is 30.6 Å². The molecule has 0 aliphatic heterocycles. The minimum absolute atomic E-state index is 0.266. The summed E-state index contributed by atoms with van der Waals surface area (Å²) in [5.74, 6) is -1.25. The molecule has 1 aromatic carbocycles. The molecule has 3 nitrogen and oxygen atoms in total. The van der Waals surface area contributed by atoms with Crippen molar-refractivity contribution in [3.8, 4) is 0 Å². The third-order valence-electron chi connectivity index (χ3n) is 2.63. The molecule has 0 spiro atoms. The predicted octanol–water partition coefficient (Wildman–Crippen LogP) is 2.23. The summed E-state index contributed by atoms with van der Waals surface area (Å²) in [7, 11) is 0. The zero-order chi connectivity index (χ0) is 12.4. The smallest absolute Gasteiger partial charge is 0.131 e. The van der Waals surface area contributed by atoms with Crippen molar-refractivity contribution in [2.75, 3.05) is 0 Å². The summed E-state index contributed by atoms with van der Waals surface area (Å²) in [5, 5.41) is 4.07. The number of hydrogen-bond donors (Lipinski definition) is 1. The first-order valence-corrected chi connectivity index (χ1v) is 5.34. The van der Waals surface area contributed by atoms with Crippen LogP contribution in [0.2, 0.25) is 0 Å². The highest BCUT2D eigenvalue weighted by Gasteiger charge is 2.15. The molecule has 0 saturated carbocycles. The van der Waals surface area contributed by atoms with Crippen molar-refractivity contribution in [1.82, 2.24) is 9.78 Å². The molecular formula is C12H13F2N3. The van der Waals surface area contributed by atoms with Crippen molar-refractivity contribution in [1.29, 1.82) is 0 Å². The monoisotopic (exact) mass is 237 g/mol. The minimum Gasteiger partial charge on any atom is -0.320 e. The second-order valence-corrected chi connectivity index (χ2v) is 3.77. The van der Waals surface area contributed by atoms with Crippen molar-refractivity contribution in [3.05, 3.63) is 53.4 Å². The summed E-state index contributed by atoms with van der Waals surface area (Å²) >= 11 is 0. The van der Waals surface area contributed by atoms with Gasteiger partial charge >= 0.3 is 0 Å². The van der Waals surface area contributed by atoms with Gasteiger partial charge in [-0.3, -0.25) is 4.68 Å². The lowest BCUT2D eigenvalue weighted by molar-refractivity contribution is 0.565. The van der Waals surface area contributed by atoms with E-state index in [4.69, 9.17) is 5.73 Å². The molecule has 0 saturated heterocycles. The van der Waals surface area contributed by atoms with Gasteiger partial charge < -0.3 is 5.73 Å². The Morgan fingerprint density at radius 2 is 2.18 bits per heavy atom. The van der Waals surface area contributed by atoms with Gasteiger partial charge in [0, 0.05) is 29.9 Å². The molecule has 5 heteroatoms. The lowest BCUT2D eigenvalue weighted by Gasteiger charge is -2.10. The number of nitrogens with two attached hydrogens (primary N) is 1. The lowest BCUT2D eigenvalue weighted by atomic mass is 10.0. The fraction of sp³-hybridized carbons (Fsp3) is 0.250. The second kappa shape index (κ2) is 4.63. The Kier molecular flexibility index (Phi) is 3.19. The first kappa shape index (κ1) is 11.7. The first-order valence-electron chi connectivity index (χ1n) is 5.34. The standard InChI is InChI=1S/C12H13F2N3/c1-2-17-7-8(6-16-17)12(15)10-4-3-9(13)5-11(10)14/h3-7,12H,2,15H2,1H3. The maximum Gasteiger partial charge on any atom is 0.131 e. The Morgan fingerprint density at radius 1 is 1.41 bits per heavy atom. The zero-order valence-corrected chi connectivity index (χ0v) is 9.40. The number of hydrogen-bond acceptors (Lipinski definition) is 2. The highest BCUT2D eigenvalue weighted by Crippen LogP contribution is 2.22. The maximum absolute atomic E-state index is 13.5. The van der Waals surface area contributed by atoms with E-state index in [0.717, 1.165) is 12.6 Å². The number of nitrogens with zero attached hydrogens (tertiary/aromatic N) is 2. The molecule has 1 heterocycles. The van der Waals surface area contributed by atoms with Crippen molar-refractivity contribution in [2.45, 2.75) is 19.5 Å². The molecule has 0 aliphatic rings. The molecule has 0 amide bonds. The number of halogens is 2.